The van der Waals surface area contributed by atoms with Crippen LogP contribution in [0.15, 0.2) is 97.7 Å². The molecule has 0 amide bonds. The molecule has 0 saturated heterocycles. The van der Waals surface area contributed by atoms with Crippen molar-refractivity contribution in [2.24, 2.45) is 0 Å². The van der Waals surface area contributed by atoms with E-state index in [0.29, 0.717) is 5.82 Å². The third-order valence-electron chi connectivity index (χ3n) is 6.02. The number of unbranched alkanes of at least 4 members (excludes halogenated alkanes) is 1. The van der Waals surface area contributed by atoms with Gasteiger partial charge in [-0.25, -0.2) is 9.97 Å². The standard InChI is InChI=1S/C27H31N5/c1-2-3-17-32(22-31-18-16-29-21-31)27(24-10-6-4-7-11-24,25-12-8-5-9-13-25)19-23-14-15-26(28)30-20-23/h4-16,18,20-21H,2-3,17,19,22H2,1H3,(H2,28,30). The fourth-order valence-corrected chi connectivity index (χ4v) is 4.41. The molecule has 32 heavy (non-hydrogen) atoms. The van der Waals surface area contributed by atoms with Crippen molar-refractivity contribution in [3.05, 3.63) is 114 Å². The smallest absolute Gasteiger partial charge is 0.123 e. The molecular weight excluding hydrogens is 394 g/mol. The summed E-state index contributed by atoms with van der Waals surface area (Å²) in [5.41, 5.74) is 9.20. The van der Waals surface area contributed by atoms with Gasteiger partial charge in [-0.2, -0.15) is 0 Å². The van der Waals surface area contributed by atoms with Gasteiger partial charge in [0.05, 0.1) is 18.5 Å². The molecule has 4 rings (SSSR count). The van der Waals surface area contributed by atoms with Crippen molar-refractivity contribution < 1.29 is 0 Å². The Morgan fingerprint density at radius 2 is 1.62 bits per heavy atom. The van der Waals surface area contributed by atoms with Crippen LogP contribution in [0.3, 0.4) is 0 Å². The predicted octanol–water partition coefficient (Wildman–Crippen LogP) is 5.11. The van der Waals surface area contributed by atoms with Gasteiger partial charge >= 0.3 is 0 Å². The summed E-state index contributed by atoms with van der Waals surface area (Å²) in [6.07, 6.45) is 10.7. The van der Waals surface area contributed by atoms with E-state index in [-0.39, 0.29) is 5.54 Å². The summed E-state index contributed by atoms with van der Waals surface area (Å²) in [7, 11) is 0. The van der Waals surface area contributed by atoms with Crippen LogP contribution in [-0.2, 0) is 18.6 Å². The SMILES string of the molecule is CCCCN(Cn1ccnc1)C(Cc1ccc(N)nc1)(c1ccccc1)c1ccccc1. The molecule has 0 saturated carbocycles. The molecular formula is C27H31N5. The Kier molecular flexibility index (Phi) is 6.97. The molecule has 0 aliphatic carbocycles. The fourth-order valence-electron chi connectivity index (χ4n) is 4.41. The van der Waals surface area contributed by atoms with Gasteiger partial charge < -0.3 is 10.3 Å². The van der Waals surface area contributed by atoms with E-state index in [9.17, 15) is 0 Å². The molecule has 2 aromatic carbocycles. The lowest BCUT2D eigenvalue weighted by Crippen LogP contribution is -2.50. The van der Waals surface area contributed by atoms with Gasteiger partial charge in [-0.3, -0.25) is 4.90 Å². The Morgan fingerprint density at radius 1 is 0.938 bits per heavy atom. The van der Waals surface area contributed by atoms with Crippen LogP contribution in [0.5, 0.6) is 0 Å². The number of nitrogen functional groups attached to an aromatic ring is 1. The largest absolute Gasteiger partial charge is 0.384 e. The van der Waals surface area contributed by atoms with E-state index in [1.807, 2.05) is 31.0 Å². The van der Waals surface area contributed by atoms with Crippen LogP contribution in [0.25, 0.3) is 0 Å². The second-order valence-electron chi connectivity index (χ2n) is 8.20. The molecule has 0 spiro atoms. The van der Waals surface area contributed by atoms with E-state index in [2.05, 4.69) is 93.1 Å². The third kappa shape index (κ3) is 4.73. The number of nitrogens with zero attached hydrogens (tertiary/aromatic N) is 4. The zero-order chi connectivity index (χ0) is 22.2. The normalized spacial score (nSPS) is 11.7. The summed E-state index contributed by atoms with van der Waals surface area (Å²) in [4.78, 5) is 11.3. The van der Waals surface area contributed by atoms with Crippen molar-refractivity contribution in [2.75, 3.05) is 12.3 Å². The van der Waals surface area contributed by atoms with Crippen LogP contribution < -0.4 is 5.73 Å². The molecule has 4 aromatic rings. The van der Waals surface area contributed by atoms with Crippen molar-refractivity contribution in [3.63, 3.8) is 0 Å². The number of benzene rings is 2. The molecule has 164 valence electrons. The Morgan fingerprint density at radius 3 is 2.16 bits per heavy atom. The molecule has 0 aliphatic heterocycles. The van der Waals surface area contributed by atoms with Gasteiger partial charge in [0.2, 0.25) is 0 Å². The molecule has 0 aliphatic rings. The van der Waals surface area contributed by atoms with E-state index < -0.39 is 0 Å². The van der Waals surface area contributed by atoms with Gasteiger partial charge in [0.25, 0.3) is 0 Å². The van der Waals surface area contributed by atoms with Crippen molar-refractivity contribution in [1.29, 1.82) is 0 Å². The number of hydrogen-bond acceptors (Lipinski definition) is 4. The lowest BCUT2D eigenvalue weighted by Gasteiger charge is -2.45. The third-order valence-corrected chi connectivity index (χ3v) is 6.02. The van der Waals surface area contributed by atoms with Gasteiger partial charge in [-0.15, -0.1) is 0 Å². The van der Waals surface area contributed by atoms with Gasteiger partial charge in [0.15, 0.2) is 0 Å². The average molecular weight is 426 g/mol. The summed E-state index contributed by atoms with van der Waals surface area (Å²) in [6.45, 7) is 3.94. The van der Waals surface area contributed by atoms with Crippen LogP contribution in [0, 0.1) is 0 Å². The number of aromatic nitrogens is 3. The molecule has 0 atom stereocenters. The predicted molar refractivity (Wildman–Crippen MR) is 130 cm³/mol. The average Bonchev–Trinajstić information content (AvgIpc) is 3.36. The highest BCUT2D eigenvalue weighted by Gasteiger charge is 2.40. The number of nitrogens with two attached hydrogens (primary N) is 1. The maximum atomic E-state index is 5.90. The molecule has 2 aromatic heterocycles. The van der Waals surface area contributed by atoms with Crippen LogP contribution >= 0.6 is 0 Å². The van der Waals surface area contributed by atoms with Gasteiger partial charge in [-0.05, 0) is 29.2 Å². The highest BCUT2D eigenvalue weighted by molar-refractivity contribution is 5.42. The number of hydrogen-bond donors (Lipinski definition) is 1. The summed E-state index contributed by atoms with van der Waals surface area (Å²) in [5, 5.41) is 0. The summed E-state index contributed by atoms with van der Waals surface area (Å²) >= 11 is 0. The molecule has 0 unspecified atom stereocenters. The summed E-state index contributed by atoms with van der Waals surface area (Å²) in [6, 6.07) is 25.6. The molecule has 0 fully saturated rings. The minimum Gasteiger partial charge on any atom is -0.384 e. The van der Waals surface area contributed by atoms with E-state index >= 15 is 0 Å². The first-order chi connectivity index (χ1) is 15.7. The fraction of sp³-hybridized carbons (Fsp3) is 0.259. The number of imidazole rings is 1. The van der Waals surface area contributed by atoms with Crippen LogP contribution in [0.2, 0.25) is 0 Å². The molecule has 0 bridgehead atoms. The second-order valence-corrected chi connectivity index (χ2v) is 8.20. The topological polar surface area (TPSA) is 60.0 Å². The minimum atomic E-state index is -0.375. The van der Waals surface area contributed by atoms with E-state index in [1.165, 1.54) is 11.1 Å². The molecule has 0 radical (unpaired) electrons. The zero-order valence-corrected chi connectivity index (χ0v) is 18.6. The van der Waals surface area contributed by atoms with E-state index in [0.717, 1.165) is 38.0 Å². The van der Waals surface area contributed by atoms with Crippen molar-refractivity contribution >= 4 is 5.82 Å². The Balaban J connectivity index is 1.91. The maximum Gasteiger partial charge on any atom is 0.123 e. The summed E-state index contributed by atoms with van der Waals surface area (Å²) < 4.78 is 2.15. The Labute approximate surface area is 190 Å². The number of pyridine rings is 1. The first kappa shape index (κ1) is 21.8. The monoisotopic (exact) mass is 425 g/mol. The van der Waals surface area contributed by atoms with Gasteiger partial charge in [0.1, 0.15) is 5.82 Å². The van der Waals surface area contributed by atoms with Crippen LogP contribution in [0.1, 0.15) is 36.5 Å². The molecule has 2 N–H and O–H groups in total. The van der Waals surface area contributed by atoms with Crippen LogP contribution in [0.4, 0.5) is 5.82 Å². The van der Waals surface area contributed by atoms with Gasteiger partial charge in [-0.1, -0.05) is 80.1 Å². The zero-order valence-electron chi connectivity index (χ0n) is 18.6. The Hall–Kier alpha value is -3.44. The van der Waals surface area contributed by atoms with Gasteiger partial charge in [0, 0.05) is 31.6 Å². The minimum absolute atomic E-state index is 0.375. The highest BCUT2D eigenvalue weighted by Crippen LogP contribution is 2.40. The Bertz CT molecular complexity index is 1020. The number of anilines is 1. The molecule has 5 nitrogen and oxygen atoms in total. The maximum absolute atomic E-state index is 5.90. The highest BCUT2D eigenvalue weighted by atomic mass is 15.3. The number of rotatable bonds is 10. The molecule has 5 heteroatoms. The van der Waals surface area contributed by atoms with E-state index in [4.69, 9.17) is 5.73 Å². The quantitative estimate of drug-likeness (QED) is 0.384. The first-order valence-electron chi connectivity index (χ1n) is 11.2. The van der Waals surface area contributed by atoms with Crippen molar-refractivity contribution in [3.8, 4) is 0 Å². The second kappa shape index (κ2) is 10.2. The van der Waals surface area contributed by atoms with Crippen molar-refractivity contribution in [1.82, 2.24) is 19.4 Å². The first-order valence-corrected chi connectivity index (χ1v) is 11.2. The van der Waals surface area contributed by atoms with Crippen molar-refractivity contribution in [2.45, 2.75) is 38.4 Å². The lowest BCUT2D eigenvalue weighted by atomic mass is 9.76. The molecule has 2 heterocycles. The van der Waals surface area contributed by atoms with Crippen LogP contribution in [-0.4, -0.2) is 26.0 Å². The lowest BCUT2D eigenvalue weighted by molar-refractivity contribution is 0.0813. The summed E-state index contributed by atoms with van der Waals surface area (Å²) in [5.74, 6) is 0.542. The van der Waals surface area contributed by atoms with E-state index in [1.54, 1.807) is 0 Å².